The maximum absolute atomic E-state index is 12.6. The van der Waals surface area contributed by atoms with Crippen molar-refractivity contribution in [3.63, 3.8) is 0 Å². The Labute approximate surface area is 176 Å². The molecule has 30 heavy (non-hydrogen) atoms. The lowest BCUT2D eigenvalue weighted by Crippen LogP contribution is -2.20. The minimum absolute atomic E-state index is 0.189. The summed E-state index contributed by atoms with van der Waals surface area (Å²) < 4.78 is 0. The van der Waals surface area contributed by atoms with Crippen LogP contribution >= 0.6 is 0 Å². The summed E-state index contributed by atoms with van der Waals surface area (Å²) >= 11 is 0. The number of carbonyl (C=O) groups is 2. The van der Waals surface area contributed by atoms with Gasteiger partial charge in [-0.2, -0.15) is 0 Å². The number of hydrogen-bond donors (Lipinski definition) is 3. The Hall–Kier alpha value is -3.93. The van der Waals surface area contributed by atoms with E-state index in [4.69, 9.17) is 0 Å². The molecule has 1 heterocycles. The molecule has 0 aliphatic heterocycles. The number of amides is 2. The molecular weight excluding hydrogens is 376 g/mol. The summed E-state index contributed by atoms with van der Waals surface area (Å²) in [5.41, 5.74) is 4.82. The van der Waals surface area contributed by atoms with Crippen molar-refractivity contribution in [3.05, 3.63) is 95.3 Å². The van der Waals surface area contributed by atoms with Gasteiger partial charge in [0.2, 0.25) is 5.91 Å². The van der Waals surface area contributed by atoms with Gasteiger partial charge >= 0.3 is 0 Å². The summed E-state index contributed by atoms with van der Waals surface area (Å²) in [6.45, 7) is 2.35. The zero-order valence-corrected chi connectivity index (χ0v) is 17.0. The number of aromatic nitrogens is 1. The van der Waals surface area contributed by atoms with Crippen molar-refractivity contribution in [3.8, 4) is 0 Å². The molecular formula is C24H24N4O2. The first-order chi connectivity index (χ1) is 14.5. The Morgan fingerprint density at radius 1 is 1.00 bits per heavy atom. The number of pyridine rings is 1. The van der Waals surface area contributed by atoms with Gasteiger partial charge in [-0.25, -0.2) is 0 Å². The van der Waals surface area contributed by atoms with Gasteiger partial charge in [0.15, 0.2) is 0 Å². The van der Waals surface area contributed by atoms with Gasteiger partial charge in [0, 0.05) is 31.4 Å². The average Bonchev–Trinajstić information content (AvgIpc) is 2.77. The van der Waals surface area contributed by atoms with E-state index < -0.39 is 0 Å². The van der Waals surface area contributed by atoms with Crippen molar-refractivity contribution in [1.82, 2.24) is 10.3 Å². The summed E-state index contributed by atoms with van der Waals surface area (Å²) in [5.74, 6) is -0.396. The molecule has 0 aliphatic carbocycles. The van der Waals surface area contributed by atoms with Crippen molar-refractivity contribution in [2.45, 2.75) is 13.5 Å². The monoisotopic (exact) mass is 400 g/mol. The molecule has 0 atom stereocenters. The van der Waals surface area contributed by atoms with Gasteiger partial charge in [-0.05, 0) is 60.5 Å². The van der Waals surface area contributed by atoms with E-state index in [1.54, 1.807) is 24.4 Å². The van der Waals surface area contributed by atoms with Crippen molar-refractivity contribution in [2.24, 2.45) is 0 Å². The number of hydrogen-bond acceptors (Lipinski definition) is 4. The summed E-state index contributed by atoms with van der Waals surface area (Å²) in [6.07, 6.45) is 4.78. The smallest absolute Gasteiger partial charge is 0.255 e. The molecule has 0 spiro atoms. The molecule has 0 bridgehead atoms. The predicted octanol–water partition coefficient (Wildman–Crippen LogP) is 4.01. The fourth-order valence-electron chi connectivity index (χ4n) is 2.83. The van der Waals surface area contributed by atoms with Gasteiger partial charge < -0.3 is 16.0 Å². The molecule has 152 valence electrons. The second-order valence-corrected chi connectivity index (χ2v) is 6.76. The fourth-order valence-corrected chi connectivity index (χ4v) is 2.83. The topological polar surface area (TPSA) is 83.1 Å². The molecule has 3 N–H and O–H groups in total. The van der Waals surface area contributed by atoms with E-state index in [-0.39, 0.29) is 11.8 Å². The first-order valence-corrected chi connectivity index (χ1v) is 9.61. The lowest BCUT2D eigenvalue weighted by atomic mass is 10.1. The van der Waals surface area contributed by atoms with Crippen molar-refractivity contribution in [1.29, 1.82) is 0 Å². The van der Waals surface area contributed by atoms with Gasteiger partial charge in [-0.1, -0.05) is 24.3 Å². The molecule has 3 rings (SSSR count). The molecule has 2 amide bonds. The molecule has 6 nitrogen and oxygen atoms in total. The first-order valence-electron chi connectivity index (χ1n) is 9.61. The summed E-state index contributed by atoms with van der Waals surface area (Å²) in [6, 6.07) is 18.5. The largest absolute Gasteiger partial charge is 0.386 e. The zero-order valence-electron chi connectivity index (χ0n) is 17.0. The first kappa shape index (κ1) is 20.8. The molecule has 1 aromatic heterocycles. The van der Waals surface area contributed by atoms with Gasteiger partial charge in [-0.3, -0.25) is 14.6 Å². The van der Waals surface area contributed by atoms with E-state index in [1.807, 2.05) is 62.5 Å². The highest BCUT2D eigenvalue weighted by Gasteiger charge is 2.09. The van der Waals surface area contributed by atoms with E-state index in [2.05, 4.69) is 20.9 Å². The molecule has 0 fully saturated rings. The van der Waals surface area contributed by atoms with Crippen LogP contribution in [0.1, 0.15) is 27.2 Å². The summed E-state index contributed by atoms with van der Waals surface area (Å²) in [5, 5.41) is 8.82. The van der Waals surface area contributed by atoms with Crippen LogP contribution in [0.15, 0.2) is 72.9 Å². The third-order valence-corrected chi connectivity index (χ3v) is 4.47. The Morgan fingerprint density at radius 2 is 1.80 bits per heavy atom. The Balaban J connectivity index is 1.56. The van der Waals surface area contributed by atoms with Crippen LogP contribution in [0.2, 0.25) is 0 Å². The van der Waals surface area contributed by atoms with Crippen LogP contribution in [0.25, 0.3) is 6.08 Å². The molecule has 0 aliphatic rings. The Bertz CT molecular complexity index is 1040. The number of nitrogens with zero attached hydrogens (tertiary/aromatic N) is 1. The average molecular weight is 400 g/mol. The molecule has 0 radical (unpaired) electrons. The quantitative estimate of drug-likeness (QED) is 0.523. The number of benzene rings is 2. The molecule has 3 aromatic rings. The van der Waals surface area contributed by atoms with Crippen molar-refractivity contribution < 1.29 is 9.59 Å². The standard InChI is InChI=1S/C24H24N4O2/c1-17-6-12-21(25-2)22(15-17)28-24(30)19-9-7-18(8-10-19)16-27-23(29)13-11-20-5-3-4-14-26-20/h3-15,25H,16H2,1-2H3,(H,27,29)(H,28,30)/b13-11+. The van der Waals surface area contributed by atoms with Crippen molar-refractivity contribution >= 4 is 29.3 Å². The second kappa shape index (κ2) is 10.0. The maximum Gasteiger partial charge on any atom is 0.255 e. The highest BCUT2D eigenvalue weighted by Crippen LogP contribution is 2.23. The zero-order chi connectivity index (χ0) is 21.3. The van der Waals surface area contributed by atoms with E-state index in [1.165, 1.54) is 6.08 Å². The highest BCUT2D eigenvalue weighted by molar-refractivity contribution is 6.06. The van der Waals surface area contributed by atoms with E-state index in [9.17, 15) is 9.59 Å². The Morgan fingerprint density at radius 3 is 2.50 bits per heavy atom. The predicted molar refractivity (Wildman–Crippen MR) is 120 cm³/mol. The van der Waals surface area contributed by atoms with Crippen LogP contribution in [0, 0.1) is 6.92 Å². The third-order valence-electron chi connectivity index (χ3n) is 4.47. The van der Waals surface area contributed by atoms with Gasteiger partial charge in [0.05, 0.1) is 17.1 Å². The van der Waals surface area contributed by atoms with E-state index in [0.717, 1.165) is 28.2 Å². The fraction of sp³-hybridized carbons (Fsp3) is 0.125. The third kappa shape index (κ3) is 5.78. The van der Waals surface area contributed by atoms with Crippen LogP contribution in [0.5, 0.6) is 0 Å². The maximum atomic E-state index is 12.6. The SMILES string of the molecule is CNc1ccc(C)cc1NC(=O)c1ccc(CNC(=O)/C=C/c2ccccn2)cc1. The van der Waals surface area contributed by atoms with Gasteiger partial charge in [0.25, 0.3) is 5.91 Å². The number of nitrogens with one attached hydrogen (secondary N) is 3. The number of anilines is 2. The van der Waals surface area contributed by atoms with Crippen LogP contribution in [0.3, 0.4) is 0 Å². The minimum Gasteiger partial charge on any atom is -0.386 e. The van der Waals surface area contributed by atoms with Crippen LogP contribution in [-0.2, 0) is 11.3 Å². The molecule has 0 saturated heterocycles. The van der Waals surface area contributed by atoms with Crippen LogP contribution in [0.4, 0.5) is 11.4 Å². The summed E-state index contributed by atoms with van der Waals surface area (Å²) in [7, 11) is 1.81. The lowest BCUT2D eigenvalue weighted by Gasteiger charge is -2.12. The van der Waals surface area contributed by atoms with Gasteiger partial charge in [0.1, 0.15) is 0 Å². The second-order valence-electron chi connectivity index (χ2n) is 6.76. The summed E-state index contributed by atoms with van der Waals surface area (Å²) in [4.78, 5) is 28.7. The molecule has 6 heteroatoms. The van der Waals surface area contributed by atoms with Crippen molar-refractivity contribution in [2.75, 3.05) is 17.7 Å². The molecule has 2 aromatic carbocycles. The van der Waals surface area contributed by atoms with Crippen LogP contribution in [-0.4, -0.2) is 23.8 Å². The minimum atomic E-state index is -0.207. The van der Waals surface area contributed by atoms with Gasteiger partial charge in [-0.15, -0.1) is 0 Å². The number of rotatable bonds is 7. The normalized spacial score (nSPS) is 10.6. The molecule has 0 saturated carbocycles. The lowest BCUT2D eigenvalue weighted by molar-refractivity contribution is -0.116. The Kier molecular flexibility index (Phi) is 6.95. The number of aryl methyl sites for hydroxylation is 1. The highest BCUT2D eigenvalue weighted by atomic mass is 16.2. The van der Waals surface area contributed by atoms with E-state index in [0.29, 0.717) is 12.1 Å². The number of carbonyl (C=O) groups excluding carboxylic acids is 2. The van der Waals surface area contributed by atoms with E-state index >= 15 is 0 Å². The molecule has 0 unspecified atom stereocenters. The van der Waals surface area contributed by atoms with Crippen LogP contribution < -0.4 is 16.0 Å².